The molecule has 0 aromatic heterocycles. The lowest BCUT2D eigenvalue weighted by Gasteiger charge is -2.35. The van der Waals surface area contributed by atoms with Gasteiger partial charge in [-0.3, -0.25) is 4.79 Å². The second-order valence-electron chi connectivity index (χ2n) is 6.20. The van der Waals surface area contributed by atoms with E-state index in [2.05, 4.69) is 16.7 Å². The Hall–Kier alpha value is -2.46. The molecule has 0 bridgehead atoms. The van der Waals surface area contributed by atoms with Crippen molar-refractivity contribution in [1.82, 2.24) is 4.90 Å². The highest BCUT2D eigenvalue weighted by Gasteiger charge is 2.19. The van der Waals surface area contributed by atoms with E-state index in [-0.39, 0.29) is 11.6 Å². The van der Waals surface area contributed by atoms with Crippen LogP contribution >= 0.6 is 0 Å². The predicted octanol–water partition coefficient (Wildman–Crippen LogP) is 3.86. The Bertz CT molecular complexity index is 750. The highest BCUT2D eigenvalue weighted by atomic mass is 19.1. The minimum Gasteiger partial charge on any atom is -0.367 e. The molecule has 130 valence electrons. The first-order valence-electron chi connectivity index (χ1n) is 8.71. The molecular formula is C21H23FN2O. The monoisotopic (exact) mass is 338 g/mol. The summed E-state index contributed by atoms with van der Waals surface area (Å²) in [4.78, 5) is 16.7. The summed E-state index contributed by atoms with van der Waals surface area (Å²) in [6.45, 7) is 6.67. The van der Waals surface area contributed by atoms with E-state index in [0.29, 0.717) is 11.3 Å². The summed E-state index contributed by atoms with van der Waals surface area (Å²) in [5, 5.41) is 0. The molecule has 0 spiro atoms. The number of halogens is 1. The maximum atomic E-state index is 14.5. The van der Waals surface area contributed by atoms with Crippen molar-refractivity contribution in [2.75, 3.05) is 37.6 Å². The molecular weight excluding hydrogens is 315 g/mol. The minimum absolute atomic E-state index is 0.190. The summed E-state index contributed by atoms with van der Waals surface area (Å²) in [5.41, 5.74) is 1.90. The number of likely N-dealkylation sites (N-methyl/N-ethyl adjacent to an activating group) is 1. The van der Waals surface area contributed by atoms with Gasteiger partial charge < -0.3 is 9.80 Å². The number of carbonyl (C=O) groups is 1. The van der Waals surface area contributed by atoms with E-state index in [1.54, 1.807) is 18.2 Å². The maximum absolute atomic E-state index is 14.5. The number of hydrogen-bond donors (Lipinski definition) is 0. The van der Waals surface area contributed by atoms with Gasteiger partial charge in [0.1, 0.15) is 5.82 Å². The molecule has 1 heterocycles. The molecule has 0 unspecified atom stereocenters. The summed E-state index contributed by atoms with van der Waals surface area (Å²) < 4.78 is 14.5. The van der Waals surface area contributed by atoms with Gasteiger partial charge in [0.2, 0.25) is 0 Å². The van der Waals surface area contributed by atoms with Gasteiger partial charge in [0.25, 0.3) is 0 Å². The van der Waals surface area contributed by atoms with E-state index < -0.39 is 0 Å². The second-order valence-corrected chi connectivity index (χ2v) is 6.20. The van der Waals surface area contributed by atoms with Crippen LogP contribution in [-0.4, -0.2) is 43.4 Å². The minimum atomic E-state index is -0.330. The van der Waals surface area contributed by atoms with Gasteiger partial charge in [-0.05, 0) is 36.4 Å². The third-order valence-electron chi connectivity index (χ3n) is 4.62. The van der Waals surface area contributed by atoms with Crippen LogP contribution in [0.25, 0.3) is 6.08 Å². The lowest BCUT2D eigenvalue weighted by molar-refractivity contribution is 0.104. The third kappa shape index (κ3) is 4.34. The Morgan fingerprint density at radius 2 is 1.80 bits per heavy atom. The van der Waals surface area contributed by atoms with Gasteiger partial charge in [0.05, 0.1) is 5.69 Å². The molecule has 3 nitrogen and oxygen atoms in total. The fraction of sp³-hybridized carbons (Fsp3) is 0.286. The quantitative estimate of drug-likeness (QED) is 0.611. The van der Waals surface area contributed by atoms with Crippen molar-refractivity contribution in [3.63, 3.8) is 0 Å². The average Bonchev–Trinajstić information content (AvgIpc) is 2.67. The molecule has 0 radical (unpaired) electrons. The standard InChI is InChI=1S/C21H23FN2O/c1-2-23-12-14-24(15-13-23)20-10-9-18(16-19(20)22)21(25)11-8-17-6-4-3-5-7-17/h3-11,16H,2,12-15H2,1H3/b11-8+. The molecule has 1 aliphatic heterocycles. The van der Waals surface area contributed by atoms with Crippen LogP contribution in [0.4, 0.5) is 10.1 Å². The largest absolute Gasteiger partial charge is 0.367 e. The zero-order chi connectivity index (χ0) is 17.6. The summed E-state index contributed by atoms with van der Waals surface area (Å²) in [6, 6.07) is 14.4. The van der Waals surface area contributed by atoms with E-state index in [1.807, 2.05) is 30.3 Å². The van der Waals surface area contributed by atoms with Crippen molar-refractivity contribution in [3.05, 3.63) is 71.6 Å². The van der Waals surface area contributed by atoms with Gasteiger partial charge in [-0.1, -0.05) is 43.3 Å². The third-order valence-corrected chi connectivity index (χ3v) is 4.62. The lowest BCUT2D eigenvalue weighted by Crippen LogP contribution is -2.46. The van der Waals surface area contributed by atoms with Crippen LogP contribution in [0.15, 0.2) is 54.6 Å². The van der Waals surface area contributed by atoms with Gasteiger partial charge in [0.15, 0.2) is 5.78 Å². The Labute approximate surface area is 148 Å². The zero-order valence-electron chi connectivity index (χ0n) is 14.5. The lowest BCUT2D eigenvalue weighted by atomic mass is 10.1. The van der Waals surface area contributed by atoms with Crippen LogP contribution in [0.2, 0.25) is 0 Å². The van der Waals surface area contributed by atoms with Gasteiger partial charge in [-0.15, -0.1) is 0 Å². The van der Waals surface area contributed by atoms with Crippen molar-refractivity contribution >= 4 is 17.5 Å². The van der Waals surface area contributed by atoms with Crippen LogP contribution in [0.3, 0.4) is 0 Å². The highest BCUT2D eigenvalue weighted by Crippen LogP contribution is 2.22. The second kappa shape index (κ2) is 8.08. The normalized spacial score (nSPS) is 15.7. The Kier molecular flexibility index (Phi) is 5.61. The number of benzene rings is 2. The molecule has 1 fully saturated rings. The summed E-state index contributed by atoms with van der Waals surface area (Å²) in [5.74, 6) is -0.519. The van der Waals surface area contributed by atoms with Crippen LogP contribution in [0, 0.1) is 5.82 Å². The summed E-state index contributed by atoms with van der Waals surface area (Å²) in [7, 11) is 0. The van der Waals surface area contributed by atoms with Gasteiger partial charge in [-0.25, -0.2) is 4.39 Å². The number of piperazine rings is 1. The number of rotatable bonds is 5. The maximum Gasteiger partial charge on any atom is 0.185 e. The van der Waals surface area contributed by atoms with Crippen molar-refractivity contribution < 1.29 is 9.18 Å². The average molecular weight is 338 g/mol. The molecule has 4 heteroatoms. The molecule has 1 aliphatic rings. The fourth-order valence-electron chi connectivity index (χ4n) is 3.05. The number of nitrogens with zero attached hydrogens (tertiary/aromatic N) is 2. The summed E-state index contributed by atoms with van der Waals surface area (Å²) in [6.07, 6.45) is 3.24. The molecule has 0 saturated carbocycles. The van der Waals surface area contributed by atoms with E-state index in [9.17, 15) is 9.18 Å². The van der Waals surface area contributed by atoms with Crippen LogP contribution in [0.1, 0.15) is 22.8 Å². The predicted molar refractivity (Wildman–Crippen MR) is 101 cm³/mol. The molecule has 0 amide bonds. The molecule has 2 aromatic carbocycles. The Morgan fingerprint density at radius 3 is 2.44 bits per heavy atom. The van der Waals surface area contributed by atoms with Gasteiger partial charge in [0, 0.05) is 31.7 Å². The number of ketones is 1. The first kappa shape index (κ1) is 17.4. The Morgan fingerprint density at radius 1 is 1.08 bits per heavy atom. The van der Waals surface area contributed by atoms with E-state index in [1.165, 1.54) is 12.1 Å². The van der Waals surface area contributed by atoms with E-state index in [4.69, 9.17) is 0 Å². The number of hydrogen-bond acceptors (Lipinski definition) is 3. The number of anilines is 1. The zero-order valence-corrected chi connectivity index (χ0v) is 14.5. The SMILES string of the molecule is CCN1CCN(c2ccc(C(=O)/C=C/c3ccccc3)cc2F)CC1. The van der Waals surface area contributed by atoms with Crippen LogP contribution < -0.4 is 4.90 Å². The first-order valence-corrected chi connectivity index (χ1v) is 8.71. The highest BCUT2D eigenvalue weighted by molar-refractivity contribution is 6.07. The van der Waals surface area contributed by atoms with Gasteiger partial charge >= 0.3 is 0 Å². The van der Waals surface area contributed by atoms with Crippen LogP contribution in [0.5, 0.6) is 0 Å². The Balaban J connectivity index is 1.69. The van der Waals surface area contributed by atoms with Crippen molar-refractivity contribution in [3.8, 4) is 0 Å². The molecule has 0 aliphatic carbocycles. The molecule has 0 atom stereocenters. The van der Waals surface area contributed by atoms with Crippen molar-refractivity contribution in [2.24, 2.45) is 0 Å². The molecule has 1 saturated heterocycles. The molecule has 2 aromatic rings. The van der Waals surface area contributed by atoms with Crippen LogP contribution in [-0.2, 0) is 0 Å². The van der Waals surface area contributed by atoms with Crippen molar-refractivity contribution in [1.29, 1.82) is 0 Å². The first-order chi connectivity index (χ1) is 12.2. The van der Waals surface area contributed by atoms with Gasteiger partial charge in [-0.2, -0.15) is 0 Å². The van der Waals surface area contributed by atoms with Crippen molar-refractivity contribution in [2.45, 2.75) is 6.92 Å². The number of allylic oxidation sites excluding steroid dienone is 1. The fourth-order valence-corrected chi connectivity index (χ4v) is 3.05. The van der Waals surface area contributed by atoms with E-state index >= 15 is 0 Å². The topological polar surface area (TPSA) is 23.6 Å². The molecule has 25 heavy (non-hydrogen) atoms. The number of carbonyl (C=O) groups excluding carboxylic acids is 1. The summed E-state index contributed by atoms with van der Waals surface area (Å²) >= 11 is 0. The smallest absolute Gasteiger partial charge is 0.185 e. The van der Waals surface area contributed by atoms with E-state index in [0.717, 1.165) is 38.3 Å². The molecule has 0 N–H and O–H groups in total. The molecule has 3 rings (SSSR count).